The molecule has 166 valence electrons. The smallest absolute Gasteiger partial charge is 0.348 e. The van der Waals surface area contributed by atoms with Crippen molar-refractivity contribution in [3.63, 3.8) is 0 Å². The van der Waals surface area contributed by atoms with Gasteiger partial charge >= 0.3 is 11.9 Å². The molecule has 0 aromatic heterocycles. The third-order valence-electron chi connectivity index (χ3n) is 5.33. The zero-order chi connectivity index (χ0) is 22.8. The van der Waals surface area contributed by atoms with Crippen molar-refractivity contribution in [2.24, 2.45) is 11.7 Å². The first-order valence-electron chi connectivity index (χ1n) is 9.48. The number of guanidine groups is 1. The molecule has 1 heterocycles. The summed E-state index contributed by atoms with van der Waals surface area (Å²) in [5.41, 5.74) is 3.68. The number of nitrogens with zero attached hydrogens (tertiary/aromatic N) is 1. The molecule has 0 saturated carbocycles. The molecule has 6 N–H and O–H groups in total. The number of carbonyl (C=O) groups excluding carboxylic acids is 2. The van der Waals surface area contributed by atoms with Crippen LogP contribution in [0.1, 0.15) is 34.3 Å². The van der Waals surface area contributed by atoms with Crippen molar-refractivity contribution >= 4 is 29.6 Å². The molecule has 0 bridgehead atoms. The molecule has 1 saturated heterocycles. The Balaban J connectivity index is 1.62. The molecule has 1 aliphatic carbocycles. The largest absolute Gasteiger partial charge is 0.479 e. The number of Topliss-reactive ketones (excluding diaryl/α,β-unsaturated/α-hetero) is 1. The standard InChI is InChI=1S/C19H22N4O8/c20-18(21)23-6-4-10(5-7-23)16(27)22-8-13(24)11-2-1-3-12-15(11)19(12,17(28)29)31-30-9-14(25)26/h1-3,10H,4-9H2,(H3,20,21)(H,22,27)(H,25,26)(H,28,29). The Morgan fingerprint density at radius 1 is 1.23 bits per heavy atom. The number of ketones is 1. The fourth-order valence-corrected chi connectivity index (χ4v) is 3.68. The minimum atomic E-state index is -2.05. The Morgan fingerprint density at radius 2 is 1.90 bits per heavy atom. The Morgan fingerprint density at radius 3 is 2.48 bits per heavy atom. The van der Waals surface area contributed by atoms with Crippen molar-refractivity contribution in [1.29, 1.82) is 5.41 Å². The number of benzene rings is 1. The second-order valence-electron chi connectivity index (χ2n) is 7.24. The van der Waals surface area contributed by atoms with Gasteiger partial charge < -0.3 is 26.2 Å². The second kappa shape index (κ2) is 8.70. The molecule has 1 aromatic rings. The lowest BCUT2D eigenvalue weighted by molar-refractivity contribution is -0.333. The van der Waals surface area contributed by atoms with E-state index in [2.05, 4.69) is 10.2 Å². The van der Waals surface area contributed by atoms with Crippen molar-refractivity contribution < 1.29 is 39.2 Å². The third-order valence-corrected chi connectivity index (χ3v) is 5.33. The number of rotatable bonds is 9. The highest BCUT2D eigenvalue weighted by molar-refractivity contribution is 6.07. The van der Waals surface area contributed by atoms with Crippen LogP contribution < -0.4 is 11.1 Å². The fraction of sp³-hybridized carbons (Fsp3) is 0.421. The van der Waals surface area contributed by atoms with E-state index in [1.807, 2.05) is 0 Å². The van der Waals surface area contributed by atoms with Crippen LogP contribution in [-0.4, -0.2) is 70.9 Å². The molecule has 1 aliphatic heterocycles. The number of carbonyl (C=O) groups is 4. The number of piperidine rings is 1. The van der Waals surface area contributed by atoms with Gasteiger partial charge in [0.2, 0.25) is 5.91 Å². The number of hydrogen-bond donors (Lipinski definition) is 5. The quantitative estimate of drug-likeness (QED) is 0.109. The summed E-state index contributed by atoms with van der Waals surface area (Å²) in [5.74, 6) is -3.98. The van der Waals surface area contributed by atoms with Gasteiger partial charge in [-0.1, -0.05) is 18.2 Å². The Labute approximate surface area is 176 Å². The van der Waals surface area contributed by atoms with E-state index in [1.54, 1.807) is 4.90 Å². The number of nitrogens with two attached hydrogens (primary N) is 1. The number of hydrogen-bond acceptors (Lipinski definition) is 7. The molecule has 3 rings (SSSR count). The average Bonchev–Trinajstić information content (AvgIpc) is 3.40. The van der Waals surface area contributed by atoms with Crippen LogP contribution in [0.15, 0.2) is 18.2 Å². The molecule has 1 aromatic carbocycles. The van der Waals surface area contributed by atoms with Gasteiger partial charge in [-0.15, -0.1) is 0 Å². The normalized spacial score (nSPS) is 19.9. The molecule has 12 heteroatoms. The van der Waals surface area contributed by atoms with Gasteiger partial charge in [0.1, 0.15) is 0 Å². The molecule has 2 aliphatic rings. The second-order valence-corrected chi connectivity index (χ2v) is 7.24. The van der Waals surface area contributed by atoms with E-state index in [4.69, 9.17) is 21.1 Å². The van der Waals surface area contributed by atoms with Gasteiger partial charge in [-0.25, -0.2) is 19.4 Å². The van der Waals surface area contributed by atoms with Crippen molar-refractivity contribution in [3.05, 3.63) is 34.9 Å². The van der Waals surface area contributed by atoms with Gasteiger partial charge in [0.05, 0.1) is 6.54 Å². The number of amides is 1. The van der Waals surface area contributed by atoms with Gasteiger partial charge in [0, 0.05) is 35.7 Å². The van der Waals surface area contributed by atoms with Crippen LogP contribution in [0.5, 0.6) is 0 Å². The molecular formula is C19H22N4O8. The van der Waals surface area contributed by atoms with Gasteiger partial charge in [-0.2, -0.15) is 0 Å². The monoisotopic (exact) mass is 434 g/mol. The summed E-state index contributed by atoms with van der Waals surface area (Å²) in [4.78, 5) is 58.5. The predicted octanol–water partition coefficient (Wildman–Crippen LogP) is -0.735. The molecule has 12 nitrogen and oxygen atoms in total. The first kappa shape index (κ1) is 22.2. The van der Waals surface area contributed by atoms with E-state index in [9.17, 15) is 24.3 Å². The summed E-state index contributed by atoms with van der Waals surface area (Å²) in [5, 5.41) is 28.2. The highest BCUT2D eigenvalue weighted by atomic mass is 17.2. The molecule has 1 atom stereocenters. The van der Waals surface area contributed by atoms with Gasteiger partial charge in [0.25, 0.3) is 5.60 Å². The zero-order valence-electron chi connectivity index (χ0n) is 16.4. The number of likely N-dealkylation sites (tertiary alicyclic amines) is 1. The zero-order valence-corrected chi connectivity index (χ0v) is 16.4. The van der Waals surface area contributed by atoms with Gasteiger partial charge in [-0.05, 0) is 12.8 Å². The van der Waals surface area contributed by atoms with Crippen LogP contribution in [0.3, 0.4) is 0 Å². The van der Waals surface area contributed by atoms with Crippen molar-refractivity contribution in [2.75, 3.05) is 26.2 Å². The SMILES string of the molecule is N=C(N)N1CCC(C(=O)NCC(=O)c2cccc3c2C3(OOCC(=O)O)C(=O)O)CC1. The number of aliphatic carboxylic acids is 2. The maximum atomic E-state index is 12.7. The predicted molar refractivity (Wildman–Crippen MR) is 103 cm³/mol. The summed E-state index contributed by atoms with van der Waals surface area (Å²) in [7, 11) is 0. The highest BCUT2D eigenvalue weighted by Gasteiger charge is 2.63. The molecular weight excluding hydrogens is 412 g/mol. The van der Waals surface area contributed by atoms with Crippen molar-refractivity contribution in [2.45, 2.75) is 18.4 Å². The lowest BCUT2D eigenvalue weighted by Gasteiger charge is -2.31. The summed E-state index contributed by atoms with van der Waals surface area (Å²) < 4.78 is 0. The molecule has 1 fully saturated rings. The lowest BCUT2D eigenvalue weighted by atomic mass is 9.96. The number of carboxylic acid groups (broad SMARTS) is 2. The first-order chi connectivity index (χ1) is 14.7. The van der Waals surface area contributed by atoms with Crippen LogP contribution in [-0.2, 0) is 29.8 Å². The molecule has 0 radical (unpaired) electrons. The maximum absolute atomic E-state index is 12.7. The van der Waals surface area contributed by atoms with E-state index >= 15 is 0 Å². The van der Waals surface area contributed by atoms with Crippen molar-refractivity contribution in [3.8, 4) is 0 Å². The maximum Gasteiger partial charge on any atom is 0.348 e. The summed E-state index contributed by atoms with van der Waals surface area (Å²) >= 11 is 0. The van der Waals surface area contributed by atoms with Crippen LogP contribution >= 0.6 is 0 Å². The Hall–Kier alpha value is -3.51. The molecule has 1 amide bonds. The van der Waals surface area contributed by atoms with Crippen molar-refractivity contribution in [1.82, 2.24) is 10.2 Å². The van der Waals surface area contributed by atoms with E-state index in [-0.39, 0.29) is 41.0 Å². The first-order valence-corrected chi connectivity index (χ1v) is 9.48. The van der Waals surface area contributed by atoms with Gasteiger partial charge in [-0.3, -0.25) is 15.0 Å². The lowest BCUT2D eigenvalue weighted by Crippen LogP contribution is -2.46. The van der Waals surface area contributed by atoms with Crippen LogP contribution in [0.2, 0.25) is 0 Å². The summed E-state index contributed by atoms with van der Waals surface area (Å²) in [6.45, 7) is -0.260. The number of fused-ring (bicyclic) bond motifs is 1. The van der Waals surface area contributed by atoms with E-state index < -0.39 is 29.9 Å². The van der Waals surface area contributed by atoms with Crippen LogP contribution in [0.4, 0.5) is 0 Å². The van der Waals surface area contributed by atoms with E-state index in [1.165, 1.54) is 18.2 Å². The molecule has 1 unspecified atom stereocenters. The molecule has 0 spiro atoms. The van der Waals surface area contributed by atoms with E-state index in [0.717, 1.165) is 0 Å². The fourth-order valence-electron chi connectivity index (χ4n) is 3.68. The number of nitrogens with one attached hydrogen (secondary N) is 2. The summed E-state index contributed by atoms with van der Waals surface area (Å²) in [6.07, 6.45) is 0.994. The summed E-state index contributed by atoms with van der Waals surface area (Å²) in [6, 6.07) is 4.31. The Kier molecular flexibility index (Phi) is 6.22. The Bertz CT molecular complexity index is 941. The highest BCUT2D eigenvalue weighted by Crippen LogP contribution is 2.53. The van der Waals surface area contributed by atoms with Gasteiger partial charge in [0.15, 0.2) is 18.3 Å². The number of carboxylic acids is 2. The van der Waals surface area contributed by atoms with Crippen LogP contribution in [0, 0.1) is 11.3 Å². The van der Waals surface area contributed by atoms with E-state index in [0.29, 0.717) is 25.9 Å². The topological polar surface area (TPSA) is 192 Å². The molecule has 31 heavy (non-hydrogen) atoms. The minimum absolute atomic E-state index is 0.0451. The minimum Gasteiger partial charge on any atom is -0.479 e. The average molecular weight is 434 g/mol. The van der Waals surface area contributed by atoms with Crippen LogP contribution in [0.25, 0.3) is 0 Å². The third kappa shape index (κ3) is 4.34.